The summed E-state index contributed by atoms with van der Waals surface area (Å²) in [6.07, 6.45) is -0.201. The molecule has 0 amide bonds. The third-order valence-corrected chi connectivity index (χ3v) is 2.71. The zero-order chi connectivity index (χ0) is 10.6. The number of hydrogen-bond acceptors (Lipinski definition) is 4. The van der Waals surface area contributed by atoms with Crippen LogP contribution >= 0.6 is 11.8 Å². The van der Waals surface area contributed by atoms with E-state index in [0.29, 0.717) is 5.56 Å². The van der Waals surface area contributed by atoms with Crippen LogP contribution in [0.1, 0.15) is 11.7 Å². The summed E-state index contributed by atoms with van der Waals surface area (Å²) in [7, 11) is 0. The van der Waals surface area contributed by atoms with E-state index in [-0.39, 0.29) is 0 Å². The van der Waals surface area contributed by atoms with Crippen molar-refractivity contribution < 1.29 is 15.3 Å². The van der Waals surface area contributed by atoms with Gasteiger partial charge in [-0.1, -0.05) is 12.1 Å². The monoisotopic (exact) mass is 214 g/mol. The number of rotatable bonds is 4. The Labute approximate surface area is 87.4 Å². The molecule has 1 aromatic carbocycles. The minimum atomic E-state index is -1.12. The van der Waals surface area contributed by atoms with Crippen LogP contribution < -0.4 is 0 Å². The highest BCUT2D eigenvalue weighted by atomic mass is 32.2. The Bertz CT molecular complexity index is 290. The van der Waals surface area contributed by atoms with Gasteiger partial charge in [0.1, 0.15) is 12.2 Å². The Morgan fingerprint density at radius 1 is 1.36 bits per heavy atom. The summed E-state index contributed by atoms with van der Waals surface area (Å²) < 4.78 is 0. The van der Waals surface area contributed by atoms with E-state index in [2.05, 4.69) is 0 Å². The predicted octanol–water partition coefficient (Wildman–Crippen LogP) is 0.795. The van der Waals surface area contributed by atoms with Crippen LogP contribution in [-0.2, 0) is 0 Å². The Balaban J connectivity index is 2.83. The molecule has 0 aliphatic heterocycles. The minimum Gasteiger partial charge on any atom is -0.394 e. The molecule has 14 heavy (non-hydrogen) atoms. The second-order valence-corrected chi connectivity index (χ2v) is 3.85. The van der Waals surface area contributed by atoms with Gasteiger partial charge < -0.3 is 15.3 Å². The average Bonchev–Trinajstić information content (AvgIpc) is 2.27. The molecule has 0 aromatic heterocycles. The van der Waals surface area contributed by atoms with Crippen LogP contribution in [0.3, 0.4) is 0 Å². The molecular weight excluding hydrogens is 200 g/mol. The van der Waals surface area contributed by atoms with Gasteiger partial charge in [-0.3, -0.25) is 0 Å². The second kappa shape index (κ2) is 5.36. The standard InChI is InChI=1S/C10H14O3S/c1-14-8-4-2-3-7(5-8)10(13)9(12)6-11/h2-5,9-13H,6H2,1H3. The van der Waals surface area contributed by atoms with Gasteiger partial charge in [-0.05, 0) is 24.0 Å². The molecule has 1 aromatic rings. The second-order valence-electron chi connectivity index (χ2n) is 2.97. The Morgan fingerprint density at radius 2 is 2.07 bits per heavy atom. The predicted molar refractivity (Wildman–Crippen MR) is 56.3 cm³/mol. The topological polar surface area (TPSA) is 60.7 Å². The molecule has 2 atom stereocenters. The normalized spacial score (nSPS) is 15.1. The number of aliphatic hydroxyl groups excluding tert-OH is 3. The van der Waals surface area contributed by atoms with Crippen molar-refractivity contribution >= 4 is 11.8 Å². The van der Waals surface area contributed by atoms with E-state index in [1.165, 1.54) is 0 Å². The molecule has 0 bridgehead atoms. The molecule has 0 saturated heterocycles. The summed E-state index contributed by atoms with van der Waals surface area (Å²) in [6.45, 7) is -0.440. The third-order valence-electron chi connectivity index (χ3n) is 1.99. The minimum absolute atomic E-state index is 0.440. The van der Waals surface area contributed by atoms with Gasteiger partial charge in [-0.15, -0.1) is 11.8 Å². The average molecular weight is 214 g/mol. The number of benzene rings is 1. The van der Waals surface area contributed by atoms with Crippen LogP contribution in [0.15, 0.2) is 29.2 Å². The summed E-state index contributed by atoms with van der Waals surface area (Å²) in [5.41, 5.74) is 0.624. The van der Waals surface area contributed by atoms with E-state index in [0.717, 1.165) is 4.90 Å². The van der Waals surface area contributed by atoms with Gasteiger partial charge in [0.05, 0.1) is 6.61 Å². The lowest BCUT2D eigenvalue weighted by Gasteiger charge is -2.16. The van der Waals surface area contributed by atoms with Crippen LogP contribution in [0, 0.1) is 0 Å². The molecule has 4 heteroatoms. The zero-order valence-corrected chi connectivity index (χ0v) is 8.74. The van der Waals surface area contributed by atoms with Crippen molar-refractivity contribution in [1.82, 2.24) is 0 Å². The summed E-state index contributed by atoms with van der Waals surface area (Å²) in [5.74, 6) is 0. The molecule has 0 aliphatic carbocycles. The van der Waals surface area contributed by atoms with Gasteiger partial charge in [-0.2, -0.15) is 0 Å². The number of hydrogen-bond donors (Lipinski definition) is 3. The van der Waals surface area contributed by atoms with Crippen molar-refractivity contribution in [3.05, 3.63) is 29.8 Å². The number of aliphatic hydroxyl groups is 3. The first kappa shape index (κ1) is 11.5. The Kier molecular flexibility index (Phi) is 4.41. The molecule has 0 saturated carbocycles. The lowest BCUT2D eigenvalue weighted by molar-refractivity contribution is -0.0153. The smallest absolute Gasteiger partial charge is 0.107 e. The quantitative estimate of drug-likeness (QED) is 0.649. The van der Waals surface area contributed by atoms with Gasteiger partial charge in [0.2, 0.25) is 0 Å². The first-order chi connectivity index (χ1) is 6.69. The van der Waals surface area contributed by atoms with Crippen LogP contribution in [0.4, 0.5) is 0 Å². The Hall–Kier alpha value is -0.550. The van der Waals surface area contributed by atoms with Gasteiger partial charge in [0, 0.05) is 4.90 Å². The highest BCUT2D eigenvalue weighted by Crippen LogP contribution is 2.22. The molecule has 1 rings (SSSR count). The summed E-state index contributed by atoms with van der Waals surface area (Å²) in [6, 6.07) is 7.26. The molecule has 78 valence electrons. The maximum Gasteiger partial charge on any atom is 0.107 e. The molecule has 2 unspecified atom stereocenters. The van der Waals surface area contributed by atoms with Crippen molar-refractivity contribution in [2.24, 2.45) is 0 Å². The summed E-state index contributed by atoms with van der Waals surface area (Å²) in [5, 5.41) is 27.5. The lowest BCUT2D eigenvalue weighted by Crippen LogP contribution is -2.21. The van der Waals surface area contributed by atoms with Gasteiger partial charge in [0.25, 0.3) is 0 Å². The van der Waals surface area contributed by atoms with E-state index in [1.807, 2.05) is 18.4 Å². The first-order valence-electron chi connectivity index (χ1n) is 4.30. The third kappa shape index (κ3) is 2.72. The molecule has 3 nitrogen and oxygen atoms in total. The molecule has 0 spiro atoms. The molecular formula is C10H14O3S. The fraction of sp³-hybridized carbons (Fsp3) is 0.400. The van der Waals surface area contributed by atoms with Crippen LogP contribution in [0.2, 0.25) is 0 Å². The van der Waals surface area contributed by atoms with E-state index < -0.39 is 18.8 Å². The Morgan fingerprint density at radius 3 is 2.64 bits per heavy atom. The summed E-state index contributed by atoms with van der Waals surface area (Å²) >= 11 is 1.56. The first-order valence-corrected chi connectivity index (χ1v) is 5.52. The van der Waals surface area contributed by atoms with E-state index in [4.69, 9.17) is 5.11 Å². The highest BCUT2D eigenvalue weighted by Gasteiger charge is 2.17. The largest absolute Gasteiger partial charge is 0.394 e. The molecule has 0 fully saturated rings. The zero-order valence-electron chi connectivity index (χ0n) is 7.92. The molecule has 3 N–H and O–H groups in total. The van der Waals surface area contributed by atoms with Gasteiger partial charge in [0.15, 0.2) is 0 Å². The van der Waals surface area contributed by atoms with Crippen molar-refractivity contribution in [3.63, 3.8) is 0 Å². The lowest BCUT2D eigenvalue weighted by atomic mass is 10.1. The molecule has 0 aliphatic rings. The van der Waals surface area contributed by atoms with Crippen molar-refractivity contribution in [2.45, 2.75) is 17.1 Å². The van der Waals surface area contributed by atoms with Crippen molar-refractivity contribution in [2.75, 3.05) is 12.9 Å². The van der Waals surface area contributed by atoms with Gasteiger partial charge in [-0.25, -0.2) is 0 Å². The van der Waals surface area contributed by atoms with E-state index in [1.54, 1.807) is 23.9 Å². The van der Waals surface area contributed by atoms with Gasteiger partial charge >= 0.3 is 0 Å². The van der Waals surface area contributed by atoms with Crippen molar-refractivity contribution in [3.8, 4) is 0 Å². The fourth-order valence-corrected chi connectivity index (χ4v) is 1.62. The van der Waals surface area contributed by atoms with Crippen LogP contribution in [-0.4, -0.2) is 34.3 Å². The molecule has 0 radical (unpaired) electrons. The highest BCUT2D eigenvalue weighted by molar-refractivity contribution is 7.98. The molecule has 0 heterocycles. The van der Waals surface area contributed by atoms with E-state index in [9.17, 15) is 10.2 Å². The maximum atomic E-state index is 9.59. The maximum absolute atomic E-state index is 9.59. The number of thioether (sulfide) groups is 1. The van der Waals surface area contributed by atoms with Crippen molar-refractivity contribution in [1.29, 1.82) is 0 Å². The van der Waals surface area contributed by atoms with Crippen LogP contribution in [0.25, 0.3) is 0 Å². The fourth-order valence-electron chi connectivity index (χ4n) is 1.15. The summed E-state index contributed by atoms with van der Waals surface area (Å²) in [4.78, 5) is 1.02. The van der Waals surface area contributed by atoms with Crippen LogP contribution in [0.5, 0.6) is 0 Å². The SMILES string of the molecule is CSc1cccc(C(O)C(O)CO)c1. The van der Waals surface area contributed by atoms with E-state index >= 15 is 0 Å².